The van der Waals surface area contributed by atoms with E-state index < -0.39 is 11.4 Å². The Kier molecular flexibility index (Phi) is 3.40. The number of carbonyl (C=O) groups excluding carboxylic acids is 1. The number of hydrogen-bond donors (Lipinski definition) is 1. The van der Waals surface area contributed by atoms with Crippen LogP contribution in [0.4, 0.5) is 0 Å². The van der Waals surface area contributed by atoms with Crippen molar-refractivity contribution >= 4 is 11.9 Å². The number of rotatable bonds is 6. The molecule has 2 rings (SSSR count). The second-order valence-electron chi connectivity index (χ2n) is 5.66. The van der Waals surface area contributed by atoms with Crippen LogP contribution in [0.2, 0.25) is 0 Å². The van der Waals surface area contributed by atoms with Gasteiger partial charge in [0.25, 0.3) is 0 Å². The highest BCUT2D eigenvalue weighted by atomic mass is 16.4. The molecule has 96 valence electrons. The molecule has 0 heterocycles. The Hall–Kier alpha value is -1.06. The summed E-state index contributed by atoms with van der Waals surface area (Å²) in [5, 5.41) is 9.17. The zero-order chi connectivity index (χ0) is 12.5. The van der Waals surface area contributed by atoms with Crippen molar-refractivity contribution in [3.8, 4) is 0 Å². The smallest absolute Gasteiger partial charge is 0.310 e. The fourth-order valence-corrected chi connectivity index (χ4v) is 2.40. The molecule has 0 radical (unpaired) electrons. The highest BCUT2D eigenvalue weighted by Crippen LogP contribution is 2.44. The van der Waals surface area contributed by atoms with Crippen molar-refractivity contribution in [2.24, 2.45) is 11.3 Å². The van der Waals surface area contributed by atoms with Gasteiger partial charge in [0.05, 0.1) is 5.41 Å². The summed E-state index contributed by atoms with van der Waals surface area (Å²) in [4.78, 5) is 24.8. The molecule has 0 aliphatic heterocycles. The quantitative estimate of drug-likeness (QED) is 0.770. The number of hydrogen-bond acceptors (Lipinski definition) is 2. The monoisotopic (exact) mass is 239 g/mol. The summed E-state index contributed by atoms with van der Waals surface area (Å²) in [6, 6.07) is 0. The number of carboxylic acids is 1. The topological polar surface area (TPSA) is 57.6 Å². The number of carbonyl (C=O) groups is 2. The van der Waals surface area contributed by atoms with Crippen molar-refractivity contribution in [3.05, 3.63) is 0 Å². The summed E-state index contributed by atoms with van der Waals surface area (Å²) in [6.45, 7) is 0.777. The molecule has 0 spiro atoms. The van der Waals surface area contributed by atoms with Crippen LogP contribution >= 0.6 is 0 Å². The van der Waals surface area contributed by atoms with Crippen molar-refractivity contribution in [1.82, 2.24) is 4.90 Å². The second-order valence-corrected chi connectivity index (χ2v) is 5.66. The largest absolute Gasteiger partial charge is 0.481 e. The van der Waals surface area contributed by atoms with Gasteiger partial charge >= 0.3 is 5.97 Å². The van der Waals surface area contributed by atoms with E-state index in [1.165, 1.54) is 12.8 Å². The lowest BCUT2D eigenvalue weighted by molar-refractivity contribution is -0.159. The van der Waals surface area contributed by atoms with Crippen molar-refractivity contribution in [2.45, 2.75) is 44.9 Å². The number of aliphatic carboxylic acids is 1. The third-order valence-electron chi connectivity index (χ3n) is 4.25. The van der Waals surface area contributed by atoms with Crippen LogP contribution in [0.5, 0.6) is 0 Å². The standard InChI is InChI=1S/C13H21NO3/c1-14(8-5-10-3-4-10)11(15)9-13(12(16)17)6-2-7-13/h10H,2-9H2,1H3,(H,16,17). The number of carboxylic acid groups (broad SMARTS) is 1. The van der Waals surface area contributed by atoms with Gasteiger partial charge in [-0.1, -0.05) is 19.3 Å². The Morgan fingerprint density at radius 3 is 2.41 bits per heavy atom. The van der Waals surface area contributed by atoms with E-state index in [1.54, 1.807) is 11.9 Å². The summed E-state index contributed by atoms with van der Waals surface area (Å²) in [5.41, 5.74) is -0.745. The lowest BCUT2D eigenvalue weighted by atomic mass is 9.66. The molecule has 4 heteroatoms. The predicted octanol–water partition coefficient (Wildman–Crippen LogP) is 1.89. The Labute approximate surface area is 102 Å². The Morgan fingerprint density at radius 2 is 2.00 bits per heavy atom. The van der Waals surface area contributed by atoms with Crippen LogP contribution < -0.4 is 0 Å². The van der Waals surface area contributed by atoms with E-state index in [2.05, 4.69) is 0 Å². The van der Waals surface area contributed by atoms with E-state index in [9.17, 15) is 14.7 Å². The minimum atomic E-state index is -0.798. The van der Waals surface area contributed by atoms with Crippen LogP contribution in [0.25, 0.3) is 0 Å². The third-order valence-corrected chi connectivity index (χ3v) is 4.25. The van der Waals surface area contributed by atoms with Gasteiger partial charge < -0.3 is 10.0 Å². The molecule has 2 saturated carbocycles. The first-order valence-electron chi connectivity index (χ1n) is 6.51. The van der Waals surface area contributed by atoms with Crippen molar-refractivity contribution in [3.63, 3.8) is 0 Å². The van der Waals surface area contributed by atoms with Gasteiger partial charge in [-0.15, -0.1) is 0 Å². The predicted molar refractivity (Wildman–Crippen MR) is 63.5 cm³/mol. The summed E-state index contributed by atoms with van der Waals surface area (Å²) in [6.07, 6.45) is 6.09. The molecule has 17 heavy (non-hydrogen) atoms. The fourth-order valence-electron chi connectivity index (χ4n) is 2.40. The minimum absolute atomic E-state index is 0.00671. The molecule has 1 amide bonds. The van der Waals surface area contributed by atoms with E-state index >= 15 is 0 Å². The molecule has 4 nitrogen and oxygen atoms in total. The van der Waals surface area contributed by atoms with Crippen LogP contribution in [0.1, 0.15) is 44.9 Å². The Balaban J connectivity index is 1.80. The van der Waals surface area contributed by atoms with E-state index in [1.807, 2.05) is 0 Å². The lowest BCUT2D eigenvalue weighted by Gasteiger charge is -2.38. The van der Waals surface area contributed by atoms with E-state index in [0.717, 1.165) is 25.3 Å². The molecule has 0 bridgehead atoms. The van der Waals surface area contributed by atoms with Gasteiger partial charge in [0.15, 0.2) is 0 Å². The average molecular weight is 239 g/mol. The number of amides is 1. The molecule has 2 aliphatic carbocycles. The zero-order valence-electron chi connectivity index (χ0n) is 10.4. The Bertz CT molecular complexity index is 319. The zero-order valence-corrected chi connectivity index (χ0v) is 10.4. The third kappa shape index (κ3) is 2.79. The van der Waals surface area contributed by atoms with Gasteiger partial charge in [-0.3, -0.25) is 9.59 Å². The van der Waals surface area contributed by atoms with Crippen molar-refractivity contribution in [1.29, 1.82) is 0 Å². The van der Waals surface area contributed by atoms with Gasteiger partial charge in [0, 0.05) is 20.0 Å². The van der Waals surface area contributed by atoms with Gasteiger partial charge in [-0.05, 0) is 25.2 Å². The molecule has 0 aromatic heterocycles. The van der Waals surface area contributed by atoms with Crippen LogP contribution in [0.15, 0.2) is 0 Å². The van der Waals surface area contributed by atoms with Crippen LogP contribution in [0, 0.1) is 11.3 Å². The van der Waals surface area contributed by atoms with Crippen molar-refractivity contribution in [2.75, 3.05) is 13.6 Å². The molecule has 0 saturated heterocycles. The first-order chi connectivity index (χ1) is 8.03. The maximum Gasteiger partial charge on any atom is 0.310 e. The summed E-state index contributed by atoms with van der Waals surface area (Å²) < 4.78 is 0. The summed E-state index contributed by atoms with van der Waals surface area (Å²) in [5.74, 6) is 0.00262. The van der Waals surface area contributed by atoms with Crippen LogP contribution in [0.3, 0.4) is 0 Å². The normalized spacial score (nSPS) is 21.7. The maximum absolute atomic E-state index is 12.0. The summed E-state index contributed by atoms with van der Waals surface area (Å²) in [7, 11) is 1.79. The second kappa shape index (κ2) is 4.67. The summed E-state index contributed by atoms with van der Waals surface area (Å²) >= 11 is 0. The molecule has 0 aromatic carbocycles. The Morgan fingerprint density at radius 1 is 1.35 bits per heavy atom. The molecule has 2 aliphatic rings. The SMILES string of the molecule is CN(CCC1CC1)C(=O)CC1(C(=O)O)CCC1. The fraction of sp³-hybridized carbons (Fsp3) is 0.846. The molecule has 1 N–H and O–H groups in total. The van der Waals surface area contributed by atoms with Crippen LogP contribution in [-0.4, -0.2) is 35.5 Å². The first-order valence-corrected chi connectivity index (χ1v) is 6.51. The number of nitrogens with zero attached hydrogens (tertiary/aromatic N) is 1. The molecular formula is C13H21NO3. The first kappa shape index (κ1) is 12.4. The molecule has 0 atom stereocenters. The van der Waals surface area contributed by atoms with Gasteiger partial charge in [0.2, 0.25) is 5.91 Å². The van der Waals surface area contributed by atoms with Crippen molar-refractivity contribution < 1.29 is 14.7 Å². The lowest BCUT2D eigenvalue weighted by Crippen LogP contribution is -2.43. The molecule has 0 unspecified atom stereocenters. The minimum Gasteiger partial charge on any atom is -0.481 e. The van der Waals surface area contributed by atoms with Gasteiger partial charge in [0.1, 0.15) is 0 Å². The van der Waals surface area contributed by atoms with E-state index in [4.69, 9.17) is 0 Å². The van der Waals surface area contributed by atoms with E-state index in [0.29, 0.717) is 12.8 Å². The average Bonchev–Trinajstić information content (AvgIpc) is 3.02. The highest BCUT2D eigenvalue weighted by Gasteiger charge is 2.46. The van der Waals surface area contributed by atoms with Gasteiger partial charge in [-0.25, -0.2) is 0 Å². The molecular weight excluding hydrogens is 218 g/mol. The molecule has 0 aromatic rings. The van der Waals surface area contributed by atoms with Crippen LogP contribution in [-0.2, 0) is 9.59 Å². The van der Waals surface area contributed by atoms with Gasteiger partial charge in [-0.2, -0.15) is 0 Å². The van der Waals surface area contributed by atoms with E-state index in [-0.39, 0.29) is 12.3 Å². The highest BCUT2D eigenvalue weighted by molar-refractivity contribution is 5.85. The molecule has 2 fully saturated rings. The maximum atomic E-state index is 12.0.